The minimum Gasteiger partial charge on any atom is -0.270 e. The number of aliphatic imine (C=N–C) groups is 2. The van der Waals surface area contributed by atoms with Crippen LogP contribution in [0.3, 0.4) is 0 Å². The zero-order chi connectivity index (χ0) is 28.6. The van der Waals surface area contributed by atoms with Crippen molar-refractivity contribution in [1.82, 2.24) is 15.1 Å². The van der Waals surface area contributed by atoms with Gasteiger partial charge in [0.05, 0.1) is 30.0 Å². The molecule has 4 aromatic rings. The molecule has 0 N–H and O–H groups in total. The third-order valence-corrected chi connectivity index (χ3v) is 7.13. The second-order valence-electron chi connectivity index (χ2n) is 9.72. The monoisotopic (exact) mass is 553 g/mol. The van der Waals surface area contributed by atoms with Gasteiger partial charge in [0.1, 0.15) is 5.70 Å². The van der Waals surface area contributed by atoms with Gasteiger partial charge in [-0.3, -0.25) is 24.2 Å². The molecule has 0 atom stereocenters. The molecule has 9 heteroatoms. The number of benzene rings is 4. The Morgan fingerprint density at radius 2 is 1.24 bits per heavy atom. The number of nitrogens with zero attached hydrogens (tertiary/aromatic N) is 5. The number of carbonyl (C=O) groups is 3. The molecule has 0 unspecified atom stereocenters. The fraction of sp³-hybridized carbons (Fsp3) is 0.0606. The van der Waals surface area contributed by atoms with Crippen molar-refractivity contribution in [3.63, 3.8) is 0 Å². The zero-order valence-corrected chi connectivity index (χ0v) is 22.3. The summed E-state index contributed by atoms with van der Waals surface area (Å²) in [6.07, 6.45) is 1.76. The van der Waals surface area contributed by atoms with Crippen LogP contribution in [0.5, 0.6) is 0 Å². The van der Waals surface area contributed by atoms with Gasteiger partial charge in [0.15, 0.2) is 11.7 Å². The van der Waals surface area contributed by atoms with Crippen LogP contribution in [0, 0.1) is 0 Å². The first-order valence-corrected chi connectivity index (χ1v) is 13.4. The third kappa shape index (κ3) is 4.29. The quantitative estimate of drug-likeness (QED) is 0.250. The minimum absolute atomic E-state index is 0.0849. The van der Waals surface area contributed by atoms with E-state index in [9.17, 15) is 14.4 Å². The highest BCUT2D eigenvalue weighted by atomic mass is 16.7. The molecular formula is C33H23N5O4. The Morgan fingerprint density at radius 1 is 0.643 bits per heavy atom. The Hall–Kier alpha value is -5.67. The molecule has 9 nitrogen and oxygen atoms in total. The topological polar surface area (TPSA) is 94.9 Å². The van der Waals surface area contributed by atoms with Gasteiger partial charge in [0, 0.05) is 11.1 Å². The van der Waals surface area contributed by atoms with Gasteiger partial charge in [0.2, 0.25) is 0 Å². The Labute approximate surface area is 241 Å². The van der Waals surface area contributed by atoms with E-state index in [1.807, 2.05) is 84.9 Å². The van der Waals surface area contributed by atoms with E-state index in [1.54, 1.807) is 40.4 Å². The number of fused-ring (bicyclic) bond motifs is 4. The van der Waals surface area contributed by atoms with E-state index in [-0.39, 0.29) is 13.2 Å². The van der Waals surface area contributed by atoms with Gasteiger partial charge in [-0.2, -0.15) is 4.99 Å². The first kappa shape index (κ1) is 25.3. The molecule has 204 valence electrons. The number of rotatable bonds is 6. The van der Waals surface area contributed by atoms with Crippen LogP contribution in [0.1, 0.15) is 37.4 Å². The average molecular weight is 554 g/mol. The van der Waals surface area contributed by atoms with Crippen LogP contribution in [0.2, 0.25) is 0 Å². The summed E-state index contributed by atoms with van der Waals surface area (Å²) in [5.41, 5.74) is 3.90. The van der Waals surface area contributed by atoms with Crippen LogP contribution in [-0.4, -0.2) is 57.6 Å². The normalized spacial score (nSPS) is 16.7. The smallest absolute Gasteiger partial charge is 0.270 e. The average Bonchev–Trinajstić information content (AvgIpc) is 3.27. The van der Waals surface area contributed by atoms with E-state index < -0.39 is 17.7 Å². The summed E-state index contributed by atoms with van der Waals surface area (Å²) in [4.78, 5) is 54.8. The lowest BCUT2D eigenvalue weighted by Crippen LogP contribution is -2.56. The number of imide groups is 1. The van der Waals surface area contributed by atoms with Crippen molar-refractivity contribution in [2.45, 2.75) is 0 Å². The maximum atomic E-state index is 13.7. The summed E-state index contributed by atoms with van der Waals surface area (Å²) in [6, 6.07) is 33.2. The molecule has 42 heavy (non-hydrogen) atoms. The Balaban J connectivity index is 1.29. The molecule has 0 fully saturated rings. The first-order chi connectivity index (χ1) is 20.6. The Kier molecular flexibility index (Phi) is 6.26. The second-order valence-corrected chi connectivity index (χ2v) is 9.72. The molecule has 0 radical (unpaired) electrons. The predicted octanol–water partition coefficient (Wildman–Crippen LogP) is 4.85. The lowest BCUT2D eigenvalue weighted by Gasteiger charge is -2.43. The summed E-state index contributed by atoms with van der Waals surface area (Å²) >= 11 is 0. The van der Waals surface area contributed by atoms with Crippen LogP contribution in [-0.2, 0) is 9.63 Å². The summed E-state index contributed by atoms with van der Waals surface area (Å²) in [5.74, 6) is -0.484. The number of hydrogen-bond acceptors (Lipinski definition) is 7. The summed E-state index contributed by atoms with van der Waals surface area (Å²) in [5, 5.41) is 4.33. The highest BCUT2D eigenvalue weighted by molar-refractivity contribution is 6.24. The van der Waals surface area contributed by atoms with Crippen LogP contribution in [0.15, 0.2) is 125 Å². The standard InChI is InChI=1S/C33H23N5O4/c39-31-28(21-22-11-3-1-4-12-22)36(19-20-42-38-32(40)24-15-7-8-16-25(24)33(38)41)37-29(23-13-5-2-6-14-23)34-27-18-10-9-17-26(27)30(37)35-31/h1-18,21H,19-20H2/b28-21+. The fourth-order valence-corrected chi connectivity index (χ4v) is 5.18. The van der Waals surface area contributed by atoms with Gasteiger partial charge in [0.25, 0.3) is 17.7 Å². The number of hydrogen-bond donors (Lipinski definition) is 0. The van der Waals surface area contributed by atoms with E-state index in [1.165, 1.54) is 0 Å². The molecule has 3 aliphatic heterocycles. The molecule has 4 aromatic carbocycles. The van der Waals surface area contributed by atoms with Crippen LogP contribution in [0.4, 0.5) is 5.69 Å². The van der Waals surface area contributed by atoms with Gasteiger partial charge in [-0.05, 0) is 35.9 Å². The largest absolute Gasteiger partial charge is 0.297 e. The van der Waals surface area contributed by atoms with Crippen molar-refractivity contribution in [1.29, 1.82) is 0 Å². The summed E-state index contributed by atoms with van der Waals surface area (Å²) in [7, 11) is 0. The molecule has 0 saturated heterocycles. The van der Waals surface area contributed by atoms with E-state index in [0.29, 0.717) is 39.7 Å². The number of amides is 3. The maximum Gasteiger partial charge on any atom is 0.297 e. The van der Waals surface area contributed by atoms with Crippen molar-refractivity contribution in [3.8, 4) is 0 Å². The Morgan fingerprint density at radius 3 is 1.93 bits per heavy atom. The number of amidine groups is 2. The molecule has 3 aliphatic rings. The number of hydroxylamine groups is 2. The van der Waals surface area contributed by atoms with E-state index >= 15 is 0 Å². The zero-order valence-electron chi connectivity index (χ0n) is 22.3. The number of hydrazine groups is 1. The number of carbonyl (C=O) groups excluding carboxylic acids is 3. The summed E-state index contributed by atoms with van der Waals surface area (Å²) in [6.45, 7) is 0.0171. The molecule has 0 saturated carbocycles. The number of para-hydroxylation sites is 1. The maximum absolute atomic E-state index is 13.7. The highest BCUT2D eigenvalue weighted by Crippen LogP contribution is 2.34. The van der Waals surface area contributed by atoms with Crippen LogP contribution in [0.25, 0.3) is 6.08 Å². The van der Waals surface area contributed by atoms with Crippen molar-refractivity contribution < 1.29 is 19.2 Å². The Bertz CT molecular complexity index is 1800. The lowest BCUT2D eigenvalue weighted by atomic mass is 10.1. The van der Waals surface area contributed by atoms with Crippen molar-refractivity contribution in [2.75, 3.05) is 13.2 Å². The van der Waals surface area contributed by atoms with Crippen molar-refractivity contribution in [3.05, 3.63) is 143 Å². The van der Waals surface area contributed by atoms with Crippen LogP contribution >= 0.6 is 0 Å². The fourth-order valence-electron chi connectivity index (χ4n) is 5.18. The molecule has 0 spiro atoms. The highest BCUT2D eigenvalue weighted by Gasteiger charge is 2.40. The molecular weight excluding hydrogens is 530 g/mol. The first-order valence-electron chi connectivity index (χ1n) is 13.4. The third-order valence-electron chi connectivity index (χ3n) is 7.13. The molecule has 3 heterocycles. The van der Waals surface area contributed by atoms with Gasteiger partial charge in [-0.15, -0.1) is 5.06 Å². The molecule has 0 aliphatic carbocycles. The van der Waals surface area contributed by atoms with Crippen LogP contribution < -0.4 is 0 Å². The predicted molar refractivity (Wildman–Crippen MR) is 156 cm³/mol. The molecule has 3 amide bonds. The van der Waals surface area contributed by atoms with E-state index in [4.69, 9.17) is 9.83 Å². The van der Waals surface area contributed by atoms with Gasteiger partial charge >= 0.3 is 0 Å². The molecule has 0 aromatic heterocycles. The lowest BCUT2D eigenvalue weighted by molar-refractivity contribution is -0.120. The molecule has 0 bridgehead atoms. The van der Waals surface area contributed by atoms with E-state index in [2.05, 4.69) is 4.99 Å². The summed E-state index contributed by atoms with van der Waals surface area (Å²) < 4.78 is 0. The molecule has 7 rings (SSSR count). The van der Waals surface area contributed by atoms with Crippen molar-refractivity contribution in [2.24, 2.45) is 9.98 Å². The van der Waals surface area contributed by atoms with Gasteiger partial charge in [-0.25, -0.2) is 10.0 Å². The minimum atomic E-state index is -0.522. The van der Waals surface area contributed by atoms with Gasteiger partial charge in [-0.1, -0.05) is 84.9 Å². The second kappa shape index (κ2) is 10.4. The van der Waals surface area contributed by atoms with E-state index in [0.717, 1.165) is 16.2 Å². The van der Waals surface area contributed by atoms with Gasteiger partial charge < -0.3 is 0 Å². The van der Waals surface area contributed by atoms with Crippen molar-refractivity contribution >= 4 is 41.2 Å². The SMILES string of the molecule is O=C1N=C2c3ccccc3N=C(c3ccccc3)N2N(CCON2C(=O)c3ccccc3C2=O)/C1=C/c1ccccc1.